The van der Waals surface area contributed by atoms with E-state index in [4.69, 9.17) is 27.8 Å². The zero-order valence-electron chi connectivity index (χ0n) is 9.63. The van der Waals surface area contributed by atoms with Crippen molar-refractivity contribution in [2.24, 2.45) is 11.5 Å². The average molecular weight is 258 g/mol. The molecule has 0 atom stereocenters. The zero-order chi connectivity index (χ0) is 12.8. The molecule has 0 aliphatic heterocycles. The third-order valence-corrected chi connectivity index (χ3v) is 2.56. The van der Waals surface area contributed by atoms with Gasteiger partial charge in [0.05, 0.1) is 23.4 Å². The molecule has 0 fully saturated rings. The van der Waals surface area contributed by atoms with E-state index in [0.717, 1.165) is 6.42 Å². The van der Waals surface area contributed by atoms with Crippen molar-refractivity contribution in [2.75, 3.05) is 25.5 Å². The summed E-state index contributed by atoms with van der Waals surface area (Å²) >= 11 is 6.02. The molecule has 94 valence electrons. The highest BCUT2D eigenvalue weighted by Gasteiger charge is 2.13. The molecule has 0 unspecified atom stereocenters. The molecule has 0 saturated carbocycles. The average Bonchev–Trinajstić information content (AvgIpc) is 2.30. The Labute approximate surface area is 105 Å². The number of anilines is 1. The number of hydrogen-bond donors (Lipinski definition) is 3. The molecular formula is C11H16ClN3O2. The van der Waals surface area contributed by atoms with Gasteiger partial charge in [-0.1, -0.05) is 11.6 Å². The molecule has 0 bridgehead atoms. The van der Waals surface area contributed by atoms with Gasteiger partial charge in [0.15, 0.2) is 0 Å². The van der Waals surface area contributed by atoms with Gasteiger partial charge in [-0.2, -0.15) is 0 Å². The number of primary amides is 1. The number of carbonyl (C=O) groups excluding carboxylic acids is 1. The second-order valence-electron chi connectivity index (χ2n) is 3.47. The quantitative estimate of drug-likeness (QED) is 0.668. The van der Waals surface area contributed by atoms with E-state index in [1.165, 1.54) is 13.2 Å². The molecule has 0 aliphatic rings. The van der Waals surface area contributed by atoms with E-state index in [1.54, 1.807) is 6.07 Å². The fraction of sp³-hybridized carbons (Fsp3) is 0.364. The van der Waals surface area contributed by atoms with Crippen LogP contribution in [0.2, 0.25) is 5.02 Å². The van der Waals surface area contributed by atoms with Gasteiger partial charge in [0.25, 0.3) is 5.91 Å². The van der Waals surface area contributed by atoms with Crippen LogP contribution in [0.5, 0.6) is 5.75 Å². The number of ether oxygens (including phenoxy) is 1. The lowest BCUT2D eigenvalue weighted by atomic mass is 10.1. The van der Waals surface area contributed by atoms with Crippen molar-refractivity contribution in [1.29, 1.82) is 0 Å². The molecular weight excluding hydrogens is 242 g/mol. The van der Waals surface area contributed by atoms with Gasteiger partial charge >= 0.3 is 0 Å². The van der Waals surface area contributed by atoms with Crippen molar-refractivity contribution in [3.63, 3.8) is 0 Å². The third-order valence-electron chi connectivity index (χ3n) is 2.25. The van der Waals surface area contributed by atoms with Gasteiger partial charge in [0.2, 0.25) is 0 Å². The molecule has 1 aromatic carbocycles. The van der Waals surface area contributed by atoms with Gasteiger partial charge in [0, 0.05) is 12.6 Å². The van der Waals surface area contributed by atoms with Crippen LogP contribution in [-0.2, 0) is 0 Å². The maximum atomic E-state index is 11.2. The number of hydrogen-bond acceptors (Lipinski definition) is 4. The van der Waals surface area contributed by atoms with Gasteiger partial charge in [-0.05, 0) is 19.0 Å². The highest BCUT2D eigenvalue weighted by Crippen LogP contribution is 2.30. The molecule has 5 N–H and O–H groups in total. The van der Waals surface area contributed by atoms with Crippen molar-refractivity contribution in [2.45, 2.75) is 6.42 Å². The lowest BCUT2D eigenvalue weighted by Crippen LogP contribution is -2.13. The first-order valence-electron chi connectivity index (χ1n) is 5.21. The Morgan fingerprint density at radius 1 is 1.53 bits per heavy atom. The first-order chi connectivity index (χ1) is 8.10. The Bertz CT molecular complexity index is 410. The highest BCUT2D eigenvalue weighted by molar-refractivity contribution is 6.33. The first-order valence-corrected chi connectivity index (χ1v) is 5.59. The topological polar surface area (TPSA) is 90.4 Å². The summed E-state index contributed by atoms with van der Waals surface area (Å²) in [6, 6.07) is 3.15. The number of methoxy groups -OCH3 is 1. The standard InChI is InChI=1S/C11H16ClN3O2/c1-17-10-6-9(15-4-2-3-13)8(12)5-7(10)11(14)16/h5-6,15H,2-4,13H2,1H3,(H2,14,16). The molecule has 0 saturated heterocycles. The number of rotatable bonds is 6. The van der Waals surface area contributed by atoms with Crippen LogP contribution in [0, 0.1) is 0 Å². The summed E-state index contributed by atoms with van der Waals surface area (Å²) in [5.41, 5.74) is 11.6. The van der Waals surface area contributed by atoms with Crippen molar-refractivity contribution in [3.05, 3.63) is 22.7 Å². The third kappa shape index (κ3) is 3.51. The summed E-state index contributed by atoms with van der Waals surface area (Å²) in [5, 5.41) is 3.54. The molecule has 0 radical (unpaired) electrons. The number of nitrogens with one attached hydrogen (secondary N) is 1. The Morgan fingerprint density at radius 3 is 2.76 bits per heavy atom. The minimum Gasteiger partial charge on any atom is -0.496 e. The molecule has 0 aliphatic carbocycles. The molecule has 0 heterocycles. The Balaban J connectivity index is 2.96. The number of halogens is 1. The van der Waals surface area contributed by atoms with E-state index < -0.39 is 5.91 Å². The van der Waals surface area contributed by atoms with E-state index in [0.29, 0.717) is 29.5 Å². The zero-order valence-corrected chi connectivity index (χ0v) is 10.4. The second kappa shape index (κ2) is 6.32. The minimum atomic E-state index is -0.572. The van der Waals surface area contributed by atoms with Crippen molar-refractivity contribution >= 4 is 23.2 Å². The van der Waals surface area contributed by atoms with Gasteiger partial charge in [-0.15, -0.1) is 0 Å². The van der Waals surface area contributed by atoms with Crippen LogP contribution in [0.15, 0.2) is 12.1 Å². The maximum absolute atomic E-state index is 11.2. The summed E-state index contributed by atoms with van der Waals surface area (Å²) < 4.78 is 5.08. The van der Waals surface area contributed by atoms with Crippen LogP contribution in [0.3, 0.4) is 0 Å². The summed E-state index contributed by atoms with van der Waals surface area (Å²) in [5.74, 6) is -0.172. The van der Waals surface area contributed by atoms with Crippen LogP contribution in [0.25, 0.3) is 0 Å². The van der Waals surface area contributed by atoms with Gasteiger partial charge in [0.1, 0.15) is 5.75 Å². The van der Waals surface area contributed by atoms with E-state index in [2.05, 4.69) is 5.32 Å². The van der Waals surface area contributed by atoms with Crippen molar-refractivity contribution in [3.8, 4) is 5.75 Å². The first kappa shape index (κ1) is 13.6. The monoisotopic (exact) mass is 257 g/mol. The highest BCUT2D eigenvalue weighted by atomic mass is 35.5. The smallest absolute Gasteiger partial charge is 0.252 e. The SMILES string of the molecule is COc1cc(NCCCN)c(Cl)cc1C(N)=O. The molecule has 17 heavy (non-hydrogen) atoms. The lowest BCUT2D eigenvalue weighted by molar-refractivity contribution is 0.0997. The molecule has 5 nitrogen and oxygen atoms in total. The predicted molar refractivity (Wildman–Crippen MR) is 68.7 cm³/mol. The molecule has 0 aromatic heterocycles. The number of benzene rings is 1. The summed E-state index contributed by atoms with van der Waals surface area (Å²) in [4.78, 5) is 11.2. The van der Waals surface area contributed by atoms with Gasteiger partial charge in [-0.25, -0.2) is 0 Å². The number of nitrogens with two attached hydrogens (primary N) is 2. The van der Waals surface area contributed by atoms with Crippen molar-refractivity contribution in [1.82, 2.24) is 0 Å². The normalized spacial score (nSPS) is 10.1. The van der Waals surface area contributed by atoms with Crippen LogP contribution in [0.4, 0.5) is 5.69 Å². The van der Waals surface area contributed by atoms with Crippen LogP contribution < -0.4 is 21.5 Å². The fourth-order valence-electron chi connectivity index (χ4n) is 1.38. The second-order valence-corrected chi connectivity index (χ2v) is 3.87. The summed E-state index contributed by atoms with van der Waals surface area (Å²) in [7, 11) is 1.47. The number of amides is 1. The Morgan fingerprint density at radius 2 is 2.24 bits per heavy atom. The lowest BCUT2D eigenvalue weighted by Gasteiger charge is -2.12. The predicted octanol–water partition coefficient (Wildman–Crippen LogP) is 1.21. The van der Waals surface area contributed by atoms with Crippen molar-refractivity contribution < 1.29 is 9.53 Å². The van der Waals surface area contributed by atoms with Crippen LogP contribution >= 0.6 is 11.6 Å². The van der Waals surface area contributed by atoms with Gasteiger partial charge in [-0.3, -0.25) is 4.79 Å². The molecule has 0 spiro atoms. The molecule has 1 amide bonds. The fourth-order valence-corrected chi connectivity index (χ4v) is 1.61. The van der Waals surface area contributed by atoms with E-state index in [1.807, 2.05) is 0 Å². The Hall–Kier alpha value is -1.46. The van der Waals surface area contributed by atoms with E-state index in [9.17, 15) is 4.79 Å². The maximum Gasteiger partial charge on any atom is 0.252 e. The minimum absolute atomic E-state index is 0.266. The summed E-state index contributed by atoms with van der Waals surface area (Å²) in [6.07, 6.45) is 0.830. The molecule has 1 rings (SSSR count). The van der Waals surface area contributed by atoms with Crippen LogP contribution in [-0.4, -0.2) is 26.1 Å². The van der Waals surface area contributed by atoms with E-state index in [-0.39, 0.29) is 5.56 Å². The van der Waals surface area contributed by atoms with Gasteiger partial charge < -0.3 is 21.5 Å². The summed E-state index contributed by atoms with van der Waals surface area (Å²) in [6.45, 7) is 1.30. The van der Waals surface area contributed by atoms with Crippen LogP contribution in [0.1, 0.15) is 16.8 Å². The largest absolute Gasteiger partial charge is 0.496 e. The number of carbonyl (C=O) groups is 1. The molecule has 1 aromatic rings. The molecule has 6 heteroatoms. The van der Waals surface area contributed by atoms with E-state index >= 15 is 0 Å². The Kier molecular flexibility index (Phi) is 5.06.